The van der Waals surface area contributed by atoms with Crippen LogP contribution in [-0.2, 0) is 0 Å². The molecule has 26 heavy (non-hydrogen) atoms. The highest BCUT2D eigenvalue weighted by Gasteiger charge is 2.18. The van der Waals surface area contributed by atoms with Crippen molar-refractivity contribution in [3.8, 4) is 0 Å². The summed E-state index contributed by atoms with van der Waals surface area (Å²) in [6, 6.07) is 10.5. The van der Waals surface area contributed by atoms with E-state index in [1.165, 1.54) is 17.1 Å². The Balaban J connectivity index is 1.95. The van der Waals surface area contributed by atoms with E-state index in [0.29, 0.717) is 6.07 Å². The standard InChI is InChI=1S/C20H13BrF2N2O/c21-15-6-4-14(5-7-15)2-1-3-19(25-11-10-24-13-25)20(26)17-9-8-16(22)12-18(17)23/h1-13H/b2-1+,19-3-. The number of halogens is 3. The summed E-state index contributed by atoms with van der Waals surface area (Å²) in [4.78, 5) is 16.7. The Morgan fingerprint density at radius 3 is 2.54 bits per heavy atom. The Bertz CT molecular complexity index is 978. The van der Waals surface area contributed by atoms with E-state index in [0.717, 1.165) is 22.2 Å². The van der Waals surface area contributed by atoms with Crippen molar-refractivity contribution in [1.29, 1.82) is 0 Å². The Labute approximate surface area is 157 Å². The monoisotopic (exact) mass is 414 g/mol. The van der Waals surface area contributed by atoms with E-state index >= 15 is 0 Å². The lowest BCUT2D eigenvalue weighted by molar-refractivity contribution is 0.104. The minimum Gasteiger partial charge on any atom is -0.303 e. The summed E-state index contributed by atoms with van der Waals surface area (Å²) in [5, 5.41) is 0. The van der Waals surface area contributed by atoms with Crippen molar-refractivity contribution < 1.29 is 13.6 Å². The Morgan fingerprint density at radius 1 is 1.12 bits per heavy atom. The molecule has 0 aliphatic heterocycles. The molecule has 2 aromatic carbocycles. The molecular formula is C20H13BrF2N2O. The molecule has 130 valence electrons. The summed E-state index contributed by atoms with van der Waals surface area (Å²) in [6.07, 6.45) is 9.61. The summed E-state index contributed by atoms with van der Waals surface area (Å²) >= 11 is 3.37. The van der Waals surface area contributed by atoms with E-state index in [4.69, 9.17) is 0 Å². The number of carbonyl (C=O) groups excluding carboxylic acids is 1. The van der Waals surface area contributed by atoms with Gasteiger partial charge in [-0.2, -0.15) is 0 Å². The first-order valence-corrected chi connectivity index (χ1v) is 8.46. The maximum atomic E-state index is 14.0. The highest BCUT2D eigenvalue weighted by molar-refractivity contribution is 9.10. The van der Waals surface area contributed by atoms with Crippen molar-refractivity contribution in [2.75, 3.05) is 0 Å². The van der Waals surface area contributed by atoms with Gasteiger partial charge in [0.25, 0.3) is 0 Å². The van der Waals surface area contributed by atoms with Crippen LogP contribution in [0, 0.1) is 11.6 Å². The molecule has 0 spiro atoms. The maximum Gasteiger partial charge on any atom is 0.212 e. The van der Waals surface area contributed by atoms with Gasteiger partial charge in [0.1, 0.15) is 11.6 Å². The van der Waals surface area contributed by atoms with Gasteiger partial charge in [-0.15, -0.1) is 0 Å². The second kappa shape index (κ2) is 8.01. The maximum absolute atomic E-state index is 14.0. The number of rotatable bonds is 5. The Kier molecular flexibility index (Phi) is 5.53. The van der Waals surface area contributed by atoms with Gasteiger partial charge in [-0.1, -0.05) is 40.2 Å². The predicted octanol–water partition coefficient (Wildman–Crippen LogP) is 5.36. The van der Waals surface area contributed by atoms with Crippen LogP contribution in [0.5, 0.6) is 0 Å². The van der Waals surface area contributed by atoms with E-state index in [9.17, 15) is 13.6 Å². The fourth-order valence-electron chi connectivity index (χ4n) is 2.32. The molecule has 0 saturated carbocycles. The number of aromatic nitrogens is 2. The summed E-state index contributed by atoms with van der Waals surface area (Å²) in [6.45, 7) is 0. The number of Topliss-reactive ketones (excluding diaryl/α,β-unsaturated/α-hetero) is 1. The number of nitrogens with zero attached hydrogens (tertiary/aromatic N) is 2. The van der Waals surface area contributed by atoms with Crippen molar-refractivity contribution in [2.24, 2.45) is 0 Å². The van der Waals surface area contributed by atoms with Gasteiger partial charge >= 0.3 is 0 Å². The molecule has 3 rings (SSSR count). The van der Waals surface area contributed by atoms with Crippen molar-refractivity contribution in [3.63, 3.8) is 0 Å². The topological polar surface area (TPSA) is 34.9 Å². The summed E-state index contributed by atoms with van der Waals surface area (Å²) < 4.78 is 29.5. The van der Waals surface area contributed by atoms with E-state index in [1.54, 1.807) is 18.3 Å². The number of ketones is 1. The first kappa shape index (κ1) is 17.9. The lowest BCUT2D eigenvalue weighted by Gasteiger charge is -2.08. The van der Waals surface area contributed by atoms with Crippen molar-refractivity contribution >= 4 is 33.5 Å². The second-order valence-corrected chi connectivity index (χ2v) is 6.30. The SMILES string of the molecule is O=C(/C(=C/C=C/c1ccc(Br)cc1)n1ccnc1)c1ccc(F)cc1F. The third-order valence-corrected chi connectivity index (χ3v) is 4.13. The molecule has 6 heteroatoms. The van der Waals surface area contributed by atoms with Crippen LogP contribution in [0.1, 0.15) is 15.9 Å². The number of hydrogen-bond donors (Lipinski definition) is 0. The quantitative estimate of drug-likeness (QED) is 0.320. The molecule has 0 atom stereocenters. The summed E-state index contributed by atoms with van der Waals surface area (Å²) in [5.41, 5.74) is 0.930. The zero-order valence-corrected chi connectivity index (χ0v) is 15.0. The number of imidazole rings is 1. The van der Waals surface area contributed by atoms with E-state index < -0.39 is 17.4 Å². The molecule has 0 amide bonds. The number of hydrogen-bond acceptors (Lipinski definition) is 2. The molecular weight excluding hydrogens is 402 g/mol. The second-order valence-electron chi connectivity index (χ2n) is 5.39. The fourth-order valence-corrected chi connectivity index (χ4v) is 2.58. The van der Waals surface area contributed by atoms with Crippen LogP contribution >= 0.6 is 15.9 Å². The van der Waals surface area contributed by atoms with Crippen LogP contribution in [-0.4, -0.2) is 15.3 Å². The highest BCUT2D eigenvalue weighted by atomic mass is 79.9. The Hall–Kier alpha value is -2.86. The molecule has 1 heterocycles. The van der Waals surface area contributed by atoms with E-state index in [2.05, 4.69) is 20.9 Å². The van der Waals surface area contributed by atoms with Gasteiger partial charge in [-0.25, -0.2) is 13.8 Å². The van der Waals surface area contributed by atoms with Crippen LogP contribution in [0.3, 0.4) is 0 Å². The van der Waals surface area contributed by atoms with Crippen molar-refractivity contribution in [2.45, 2.75) is 0 Å². The van der Waals surface area contributed by atoms with Gasteiger partial charge in [-0.05, 0) is 35.9 Å². The van der Waals surface area contributed by atoms with Gasteiger partial charge in [0.2, 0.25) is 5.78 Å². The van der Waals surface area contributed by atoms with Crippen molar-refractivity contribution in [3.05, 3.63) is 101 Å². The molecule has 1 aromatic heterocycles. The lowest BCUT2D eigenvalue weighted by atomic mass is 10.1. The smallest absolute Gasteiger partial charge is 0.212 e. The minimum atomic E-state index is -0.905. The van der Waals surface area contributed by atoms with E-state index in [1.807, 2.05) is 30.3 Å². The fraction of sp³-hybridized carbons (Fsp3) is 0. The highest BCUT2D eigenvalue weighted by Crippen LogP contribution is 2.18. The zero-order valence-electron chi connectivity index (χ0n) is 13.4. The predicted molar refractivity (Wildman–Crippen MR) is 100 cm³/mol. The molecule has 0 aliphatic carbocycles. The van der Waals surface area contributed by atoms with Crippen LogP contribution in [0.2, 0.25) is 0 Å². The molecule has 0 aliphatic rings. The van der Waals surface area contributed by atoms with Gasteiger partial charge in [0.15, 0.2) is 0 Å². The lowest BCUT2D eigenvalue weighted by Crippen LogP contribution is -2.10. The Morgan fingerprint density at radius 2 is 1.88 bits per heavy atom. The van der Waals surface area contributed by atoms with Crippen LogP contribution in [0.4, 0.5) is 8.78 Å². The average molecular weight is 415 g/mol. The number of allylic oxidation sites excluding steroid dienone is 3. The van der Waals surface area contributed by atoms with Crippen LogP contribution in [0.15, 0.2) is 77.8 Å². The molecule has 0 bridgehead atoms. The summed E-state index contributed by atoms with van der Waals surface area (Å²) in [7, 11) is 0. The first-order valence-electron chi connectivity index (χ1n) is 7.66. The van der Waals surface area contributed by atoms with Gasteiger partial charge in [-0.3, -0.25) is 4.79 Å². The molecule has 0 unspecified atom stereocenters. The molecule has 0 fully saturated rings. The molecule has 3 aromatic rings. The van der Waals surface area contributed by atoms with Crippen molar-refractivity contribution in [1.82, 2.24) is 9.55 Å². The third-order valence-electron chi connectivity index (χ3n) is 3.60. The molecule has 0 N–H and O–H groups in total. The molecule has 0 saturated heterocycles. The third kappa shape index (κ3) is 4.21. The van der Waals surface area contributed by atoms with Gasteiger partial charge in [0, 0.05) is 22.9 Å². The van der Waals surface area contributed by atoms with Crippen LogP contribution in [0.25, 0.3) is 11.8 Å². The number of benzene rings is 2. The van der Waals surface area contributed by atoms with Gasteiger partial charge in [0.05, 0.1) is 17.6 Å². The normalized spacial score (nSPS) is 11.9. The van der Waals surface area contributed by atoms with Crippen LogP contribution < -0.4 is 0 Å². The average Bonchev–Trinajstić information content (AvgIpc) is 3.14. The first-order chi connectivity index (χ1) is 12.5. The summed E-state index contributed by atoms with van der Waals surface area (Å²) in [5.74, 6) is -2.21. The number of carbonyl (C=O) groups is 1. The van der Waals surface area contributed by atoms with E-state index in [-0.39, 0.29) is 11.3 Å². The molecule has 0 radical (unpaired) electrons. The minimum absolute atomic E-state index is 0.196. The molecule has 3 nitrogen and oxygen atoms in total. The van der Waals surface area contributed by atoms with Gasteiger partial charge < -0.3 is 4.57 Å². The zero-order chi connectivity index (χ0) is 18.5. The largest absolute Gasteiger partial charge is 0.303 e.